The Labute approximate surface area is 101 Å². The molecule has 2 atom stereocenters. The third-order valence-electron chi connectivity index (χ3n) is 3.37. The van der Waals surface area contributed by atoms with Gasteiger partial charge in [-0.25, -0.2) is 0 Å². The van der Waals surface area contributed by atoms with Crippen molar-refractivity contribution < 1.29 is 39.6 Å². The van der Waals surface area contributed by atoms with Crippen LogP contribution in [0.15, 0.2) is 0 Å². The zero-order valence-electron chi connectivity index (χ0n) is 9.20. The van der Waals surface area contributed by atoms with E-state index < -0.39 is 47.5 Å². The molecule has 1 aliphatic carbocycles. The zero-order valence-corrected chi connectivity index (χ0v) is 9.20. The highest BCUT2D eigenvalue weighted by atomic mass is 16.4. The van der Waals surface area contributed by atoms with Gasteiger partial charge in [0.25, 0.3) is 0 Å². The van der Waals surface area contributed by atoms with Crippen LogP contribution in [0.1, 0.15) is 19.3 Å². The normalized spacial score (nSPS) is 26.2. The summed E-state index contributed by atoms with van der Waals surface area (Å²) in [7, 11) is 0. The average molecular weight is 260 g/mol. The van der Waals surface area contributed by atoms with Gasteiger partial charge in [-0.15, -0.1) is 0 Å². The third kappa shape index (κ3) is 1.89. The minimum atomic E-state index is -2.58. The molecular formula is C10H12O8. The number of carboxylic acid groups (broad SMARTS) is 4. The topological polar surface area (TPSA) is 149 Å². The average Bonchev–Trinajstić information content (AvgIpc) is 2.26. The summed E-state index contributed by atoms with van der Waals surface area (Å²) >= 11 is 0. The van der Waals surface area contributed by atoms with E-state index in [1.165, 1.54) is 0 Å². The van der Waals surface area contributed by atoms with Crippen molar-refractivity contribution in [2.75, 3.05) is 0 Å². The third-order valence-corrected chi connectivity index (χ3v) is 3.37. The molecule has 0 radical (unpaired) electrons. The summed E-state index contributed by atoms with van der Waals surface area (Å²) in [6, 6.07) is 0. The van der Waals surface area contributed by atoms with Crippen molar-refractivity contribution in [2.24, 2.45) is 17.3 Å². The van der Waals surface area contributed by atoms with E-state index in [1.54, 1.807) is 0 Å². The van der Waals surface area contributed by atoms with Crippen molar-refractivity contribution in [3.63, 3.8) is 0 Å². The summed E-state index contributed by atoms with van der Waals surface area (Å²) in [5.41, 5.74) is -2.58. The Balaban J connectivity index is 3.38. The van der Waals surface area contributed by atoms with Crippen molar-refractivity contribution in [2.45, 2.75) is 19.3 Å². The van der Waals surface area contributed by atoms with E-state index in [-0.39, 0.29) is 12.8 Å². The SMILES string of the molecule is O=C(O)C1CCCC(C(=O)O)(C(=O)O)C1C(=O)O. The Morgan fingerprint density at radius 2 is 1.39 bits per heavy atom. The fourth-order valence-electron chi connectivity index (χ4n) is 2.49. The highest BCUT2D eigenvalue weighted by molar-refractivity contribution is 6.03. The highest BCUT2D eigenvalue weighted by Crippen LogP contribution is 2.45. The first-order chi connectivity index (χ1) is 8.25. The van der Waals surface area contributed by atoms with E-state index in [9.17, 15) is 19.2 Å². The van der Waals surface area contributed by atoms with Crippen LogP contribution in [0.2, 0.25) is 0 Å². The standard InChI is InChI=1S/C10H12O8/c11-6(12)4-2-1-3-10(8(15)16,9(17)18)5(4)7(13)14/h4-5H,1-3H2,(H,11,12)(H,13,14)(H,15,16)(H,17,18). The van der Waals surface area contributed by atoms with E-state index in [1.807, 2.05) is 0 Å². The molecule has 0 heterocycles. The molecule has 1 saturated carbocycles. The first kappa shape index (κ1) is 13.9. The Morgan fingerprint density at radius 1 is 0.889 bits per heavy atom. The molecule has 100 valence electrons. The smallest absolute Gasteiger partial charge is 0.321 e. The van der Waals surface area contributed by atoms with Gasteiger partial charge in [0.2, 0.25) is 0 Å². The molecule has 0 aromatic rings. The summed E-state index contributed by atoms with van der Waals surface area (Å²) in [6.07, 6.45) is -0.396. The summed E-state index contributed by atoms with van der Waals surface area (Å²) in [6.45, 7) is 0. The van der Waals surface area contributed by atoms with Crippen molar-refractivity contribution in [1.82, 2.24) is 0 Å². The largest absolute Gasteiger partial charge is 0.481 e. The van der Waals surface area contributed by atoms with E-state index >= 15 is 0 Å². The van der Waals surface area contributed by atoms with Gasteiger partial charge < -0.3 is 20.4 Å². The number of hydrogen-bond acceptors (Lipinski definition) is 4. The molecule has 2 unspecified atom stereocenters. The molecular weight excluding hydrogens is 248 g/mol. The molecule has 1 fully saturated rings. The lowest BCUT2D eigenvalue weighted by Crippen LogP contribution is -2.55. The molecule has 8 nitrogen and oxygen atoms in total. The number of hydrogen-bond donors (Lipinski definition) is 4. The lowest BCUT2D eigenvalue weighted by atomic mass is 9.61. The Bertz CT molecular complexity index is 398. The Morgan fingerprint density at radius 3 is 1.72 bits per heavy atom. The van der Waals surface area contributed by atoms with Crippen LogP contribution in [-0.2, 0) is 19.2 Å². The second kappa shape index (κ2) is 4.63. The van der Waals surface area contributed by atoms with Crippen LogP contribution in [0.4, 0.5) is 0 Å². The van der Waals surface area contributed by atoms with Crippen LogP contribution >= 0.6 is 0 Å². The second-order valence-corrected chi connectivity index (χ2v) is 4.23. The first-order valence-electron chi connectivity index (χ1n) is 5.17. The van der Waals surface area contributed by atoms with Crippen LogP contribution in [0.3, 0.4) is 0 Å². The predicted molar refractivity (Wildman–Crippen MR) is 53.8 cm³/mol. The van der Waals surface area contributed by atoms with Crippen LogP contribution in [0.25, 0.3) is 0 Å². The summed E-state index contributed by atoms with van der Waals surface area (Å²) in [5, 5.41) is 36.0. The van der Waals surface area contributed by atoms with Crippen LogP contribution in [-0.4, -0.2) is 44.3 Å². The van der Waals surface area contributed by atoms with Crippen molar-refractivity contribution in [1.29, 1.82) is 0 Å². The molecule has 1 rings (SSSR count). The van der Waals surface area contributed by atoms with Gasteiger partial charge >= 0.3 is 23.9 Å². The number of aliphatic carboxylic acids is 4. The predicted octanol–water partition coefficient (Wildman–Crippen LogP) is -0.272. The van der Waals surface area contributed by atoms with Gasteiger partial charge in [-0.05, 0) is 12.8 Å². The number of carbonyl (C=O) groups is 4. The molecule has 4 N–H and O–H groups in total. The van der Waals surface area contributed by atoms with Crippen LogP contribution < -0.4 is 0 Å². The maximum Gasteiger partial charge on any atom is 0.321 e. The van der Waals surface area contributed by atoms with E-state index in [2.05, 4.69) is 0 Å². The molecule has 0 saturated heterocycles. The maximum absolute atomic E-state index is 11.2. The molecule has 0 spiro atoms. The van der Waals surface area contributed by atoms with Gasteiger partial charge in [-0.1, -0.05) is 6.42 Å². The fourth-order valence-corrected chi connectivity index (χ4v) is 2.49. The Hall–Kier alpha value is -2.12. The van der Waals surface area contributed by atoms with Crippen molar-refractivity contribution in [3.8, 4) is 0 Å². The Kier molecular flexibility index (Phi) is 3.59. The quantitative estimate of drug-likeness (QED) is 0.504. The molecule has 0 bridgehead atoms. The lowest BCUT2D eigenvalue weighted by Gasteiger charge is -2.38. The van der Waals surface area contributed by atoms with Gasteiger partial charge in [0, 0.05) is 0 Å². The molecule has 1 aliphatic rings. The van der Waals surface area contributed by atoms with Gasteiger partial charge in [-0.2, -0.15) is 0 Å². The molecule has 18 heavy (non-hydrogen) atoms. The number of rotatable bonds is 4. The molecule has 0 aromatic carbocycles. The second-order valence-electron chi connectivity index (χ2n) is 4.23. The summed E-state index contributed by atoms with van der Waals surface area (Å²) in [4.78, 5) is 44.4. The van der Waals surface area contributed by atoms with E-state index in [0.29, 0.717) is 0 Å². The zero-order chi connectivity index (χ0) is 14.1. The van der Waals surface area contributed by atoms with E-state index in [0.717, 1.165) is 0 Å². The lowest BCUT2D eigenvalue weighted by molar-refractivity contribution is -0.185. The summed E-state index contributed by atoms with van der Waals surface area (Å²) in [5.74, 6) is -10.3. The van der Waals surface area contributed by atoms with Gasteiger partial charge in [0.15, 0.2) is 5.41 Å². The molecule has 8 heteroatoms. The van der Waals surface area contributed by atoms with Crippen molar-refractivity contribution >= 4 is 23.9 Å². The minimum absolute atomic E-state index is 0.0410. The van der Waals surface area contributed by atoms with Crippen LogP contribution in [0.5, 0.6) is 0 Å². The maximum atomic E-state index is 11.2. The fraction of sp³-hybridized carbons (Fsp3) is 0.600. The first-order valence-corrected chi connectivity index (χ1v) is 5.17. The summed E-state index contributed by atoms with van der Waals surface area (Å²) < 4.78 is 0. The molecule has 0 aromatic heterocycles. The van der Waals surface area contributed by atoms with Crippen molar-refractivity contribution in [3.05, 3.63) is 0 Å². The van der Waals surface area contributed by atoms with Gasteiger partial charge in [-0.3, -0.25) is 19.2 Å². The highest BCUT2D eigenvalue weighted by Gasteiger charge is 2.61. The monoisotopic (exact) mass is 260 g/mol. The van der Waals surface area contributed by atoms with Gasteiger partial charge in [0.05, 0.1) is 11.8 Å². The molecule has 0 amide bonds. The number of carboxylic acids is 4. The minimum Gasteiger partial charge on any atom is -0.481 e. The van der Waals surface area contributed by atoms with E-state index in [4.69, 9.17) is 20.4 Å². The van der Waals surface area contributed by atoms with Gasteiger partial charge in [0.1, 0.15) is 0 Å². The van der Waals surface area contributed by atoms with Crippen LogP contribution in [0, 0.1) is 17.3 Å². The molecule has 0 aliphatic heterocycles.